The van der Waals surface area contributed by atoms with Crippen LogP contribution in [-0.4, -0.2) is 10.4 Å². The van der Waals surface area contributed by atoms with Gasteiger partial charge >= 0.3 is 0 Å². The first-order valence-electron chi connectivity index (χ1n) is 6.48. The lowest BCUT2D eigenvalue weighted by Gasteiger charge is -2.06. The maximum atomic E-state index is 12.4. The van der Waals surface area contributed by atoms with Crippen molar-refractivity contribution in [3.8, 4) is 0 Å². The third-order valence-corrected chi connectivity index (χ3v) is 4.79. The Labute approximate surface area is 130 Å². The number of thiazole rings is 1. The number of fused-ring (bicyclic) bond motifs is 1. The number of benzene rings is 2. The highest BCUT2D eigenvalue weighted by Crippen LogP contribution is 2.19. The minimum absolute atomic E-state index is 0.0168. The zero-order valence-corrected chi connectivity index (χ0v) is 13.0. The van der Waals surface area contributed by atoms with Crippen molar-refractivity contribution in [1.82, 2.24) is 4.57 Å². The number of hydrogen-bond donors (Lipinski definition) is 1. The highest BCUT2D eigenvalue weighted by atomic mass is 35.5. The molecule has 0 saturated heterocycles. The molecule has 0 amide bonds. The zero-order chi connectivity index (χ0) is 15.0. The molecule has 1 N–H and O–H groups in total. The molecule has 0 aliphatic heterocycles. The number of nitrogens with zero attached hydrogens (tertiary/aromatic N) is 1. The second kappa shape index (κ2) is 5.47. The topological polar surface area (TPSA) is 45.9 Å². The van der Waals surface area contributed by atoms with Gasteiger partial charge in [0.1, 0.15) is 0 Å². The molecular weight excluding hydrogens is 304 g/mol. The van der Waals surface area contributed by atoms with Gasteiger partial charge in [0, 0.05) is 10.6 Å². The summed E-state index contributed by atoms with van der Waals surface area (Å²) in [5.41, 5.74) is 2.43. The van der Waals surface area contributed by atoms with Crippen LogP contribution < -0.4 is 4.80 Å². The second-order valence-corrected chi connectivity index (χ2v) is 6.29. The van der Waals surface area contributed by atoms with E-state index in [1.165, 1.54) is 11.3 Å². The Morgan fingerprint density at radius 3 is 2.81 bits per heavy atom. The molecule has 0 aliphatic carbocycles. The van der Waals surface area contributed by atoms with Gasteiger partial charge in [-0.15, -0.1) is 0 Å². The van der Waals surface area contributed by atoms with Crippen molar-refractivity contribution in [3.63, 3.8) is 0 Å². The molecule has 0 atom stereocenters. The van der Waals surface area contributed by atoms with Crippen LogP contribution in [0.2, 0.25) is 5.02 Å². The molecular formula is C16H13ClN2OS. The Bertz CT molecular complexity index is 895. The van der Waals surface area contributed by atoms with Gasteiger partial charge in [-0.05, 0) is 42.8 Å². The predicted molar refractivity (Wildman–Crippen MR) is 86.2 cm³/mol. The van der Waals surface area contributed by atoms with Crippen molar-refractivity contribution < 1.29 is 4.79 Å². The normalized spacial score (nSPS) is 11.0. The van der Waals surface area contributed by atoms with Gasteiger partial charge in [-0.1, -0.05) is 35.1 Å². The van der Waals surface area contributed by atoms with Crippen LogP contribution in [0.3, 0.4) is 0 Å². The number of aryl methyl sites for hydroxylation is 1. The van der Waals surface area contributed by atoms with E-state index in [1.54, 1.807) is 22.8 Å². The highest BCUT2D eigenvalue weighted by Gasteiger charge is 2.12. The van der Waals surface area contributed by atoms with Gasteiger partial charge in [0.25, 0.3) is 0 Å². The number of para-hydroxylation sites is 1. The predicted octanol–water partition coefficient (Wildman–Crippen LogP) is 4.03. The molecule has 3 rings (SSSR count). The molecule has 5 heteroatoms. The number of ketones is 1. The Morgan fingerprint density at radius 1 is 1.29 bits per heavy atom. The lowest BCUT2D eigenvalue weighted by Crippen LogP contribution is -2.19. The molecule has 3 aromatic rings. The van der Waals surface area contributed by atoms with Crippen LogP contribution in [0.15, 0.2) is 42.5 Å². The summed E-state index contributed by atoms with van der Waals surface area (Å²) in [6, 6.07) is 13.0. The molecule has 0 fully saturated rings. The number of carbonyl (C=O) groups excluding carboxylic acids is 1. The molecule has 0 aliphatic rings. The molecule has 0 radical (unpaired) electrons. The van der Waals surface area contributed by atoms with Crippen molar-refractivity contribution in [2.45, 2.75) is 13.5 Å². The average molecular weight is 317 g/mol. The van der Waals surface area contributed by atoms with Crippen LogP contribution in [0.5, 0.6) is 0 Å². The molecule has 0 bridgehead atoms. The van der Waals surface area contributed by atoms with E-state index >= 15 is 0 Å². The number of nitrogens with one attached hydrogen (secondary N) is 1. The van der Waals surface area contributed by atoms with Crippen LogP contribution >= 0.6 is 22.9 Å². The van der Waals surface area contributed by atoms with E-state index in [0.29, 0.717) is 15.4 Å². The summed E-state index contributed by atoms with van der Waals surface area (Å²) in [4.78, 5) is 12.8. The number of hydrogen-bond acceptors (Lipinski definition) is 3. The largest absolute Gasteiger partial charge is 0.309 e. The van der Waals surface area contributed by atoms with Gasteiger partial charge in [-0.2, -0.15) is 0 Å². The molecule has 21 heavy (non-hydrogen) atoms. The third kappa shape index (κ3) is 2.64. The average Bonchev–Trinajstić information content (AvgIpc) is 2.78. The lowest BCUT2D eigenvalue weighted by atomic mass is 10.1. The Kier molecular flexibility index (Phi) is 3.66. The van der Waals surface area contributed by atoms with Gasteiger partial charge in [-0.25, -0.2) is 0 Å². The Morgan fingerprint density at radius 2 is 2.05 bits per heavy atom. The fourth-order valence-electron chi connectivity index (χ4n) is 2.25. The number of Topliss-reactive ketones (excluding diaryl/α,β-unsaturated/α-hetero) is 1. The van der Waals surface area contributed by atoms with Crippen LogP contribution in [-0.2, 0) is 6.54 Å². The van der Waals surface area contributed by atoms with Crippen molar-refractivity contribution in [2.24, 2.45) is 0 Å². The molecule has 3 nitrogen and oxygen atoms in total. The van der Waals surface area contributed by atoms with E-state index in [1.807, 2.05) is 31.2 Å². The summed E-state index contributed by atoms with van der Waals surface area (Å²) in [7, 11) is 0. The smallest absolute Gasteiger partial charge is 0.183 e. The molecule has 0 spiro atoms. The Hall–Kier alpha value is -1.91. The van der Waals surface area contributed by atoms with Gasteiger partial charge in [0.05, 0.1) is 16.8 Å². The third-order valence-electron chi connectivity index (χ3n) is 3.39. The maximum absolute atomic E-state index is 12.4. The van der Waals surface area contributed by atoms with Crippen molar-refractivity contribution >= 4 is 38.9 Å². The van der Waals surface area contributed by atoms with E-state index in [2.05, 4.69) is 0 Å². The minimum Gasteiger partial charge on any atom is -0.309 e. The minimum atomic E-state index is -0.0168. The van der Waals surface area contributed by atoms with E-state index in [0.717, 1.165) is 15.8 Å². The first kappa shape index (κ1) is 14.0. The molecule has 1 heterocycles. The van der Waals surface area contributed by atoms with Gasteiger partial charge in [0.2, 0.25) is 0 Å². The van der Waals surface area contributed by atoms with Crippen molar-refractivity contribution in [3.05, 3.63) is 63.4 Å². The van der Waals surface area contributed by atoms with Crippen LogP contribution in [0, 0.1) is 12.3 Å². The highest BCUT2D eigenvalue weighted by molar-refractivity contribution is 7.16. The van der Waals surface area contributed by atoms with E-state index < -0.39 is 0 Å². The van der Waals surface area contributed by atoms with Gasteiger partial charge in [-0.3, -0.25) is 10.2 Å². The van der Waals surface area contributed by atoms with Crippen molar-refractivity contribution in [2.75, 3.05) is 0 Å². The Balaban J connectivity index is 1.98. The second-order valence-electron chi connectivity index (χ2n) is 4.85. The first-order valence-corrected chi connectivity index (χ1v) is 7.68. The van der Waals surface area contributed by atoms with Crippen molar-refractivity contribution in [1.29, 1.82) is 5.41 Å². The number of carbonyl (C=O) groups is 1. The molecule has 0 unspecified atom stereocenters. The fourth-order valence-corrected chi connectivity index (χ4v) is 3.27. The molecule has 0 saturated carbocycles. The summed E-state index contributed by atoms with van der Waals surface area (Å²) >= 11 is 7.36. The van der Waals surface area contributed by atoms with Crippen LogP contribution in [0.1, 0.15) is 15.9 Å². The summed E-state index contributed by atoms with van der Waals surface area (Å²) in [5.74, 6) is -0.0168. The molecule has 1 aromatic heterocycles. The first-order chi connectivity index (χ1) is 10.1. The SMILES string of the molecule is Cc1cc(C(=O)Cn2c(=N)sc3ccccc32)ccc1Cl. The van der Waals surface area contributed by atoms with Gasteiger partial charge < -0.3 is 4.57 Å². The summed E-state index contributed by atoms with van der Waals surface area (Å²) in [6.07, 6.45) is 0. The lowest BCUT2D eigenvalue weighted by molar-refractivity contribution is 0.0972. The fraction of sp³-hybridized carbons (Fsp3) is 0.125. The summed E-state index contributed by atoms with van der Waals surface area (Å²) in [5, 5.41) is 8.69. The zero-order valence-electron chi connectivity index (χ0n) is 11.4. The van der Waals surface area contributed by atoms with E-state index in [4.69, 9.17) is 17.0 Å². The number of halogens is 1. The molecule has 106 valence electrons. The monoisotopic (exact) mass is 316 g/mol. The number of aromatic nitrogens is 1. The number of rotatable bonds is 3. The van der Waals surface area contributed by atoms with Crippen LogP contribution in [0.4, 0.5) is 0 Å². The van der Waals surface area contributed by atoms with Crippen LogP contribution in [0.25, 0.3) is 10.2 Å². The summed E-state index contributed by atoms with van der Waals surface area (Å²) < 4.78 is 2.76. The van der Waals surface area contributed by atoms with Gasteiger partial charge in [0.15, 0.2) is 10.6 Å². The standard InChI is InChI=1S/C16H13ClN2OS/c1-10-8-11(6-7-12(10)17)14(20)9-19-13-4-2-3-5-15(13)21-16(19)18/h2-8,18H,9H2,1H3. The quantitative estimate of drug-likeness (QED) is 0.729. The summed E-state index contributed by atoms with van der Waals surface area (Å²) in [6.45, 7) is 2.05. The maximum Gasteiger partial charge on any atom is 0.183 e. The van der Waals surface area contributed by atoms with E-state index in [-0.39, 0.29) is 12.3 Å². The molecule has 2 aromatic carbocycles. The van der Waals surface area contributed by atoms with E-state index in [9.17, 15) is 4.79 Å².